The third-order valence-electron chi connectivity index (χ3n) is 5.83. The fourth-order valence-corrected chi connectivity index (χ4v) is 5.12. The van der Waals surface area contributed by atoms with Gasteiger partial charge in [-0.3, -0.25) is 4.79 Å². The van der Waals surface area contributed by atoms with Crippen LogP contribution < -0.4 is 14.8 Å². The standard InChI is InChI=1S/C26H28N4O4S/c1-16-21-24(27-13-18-11-8-12-20(33-3)22(18)34-4)28-15-29-25(21)35-23(16)26(32)30(2)14-19(31)17-9-6-5-7-10-17/h5-12,15,19,31H,13-14H2,1-4H3,(H,27,28,29)/t19-/m0/s1. The number of carbonyl (C=O) groups is 1. The summed E-state index contributed by atoms with van der Waals surface area (Å²) < 4.78 is 10.9. The summed E-state index contributed by atoms with van der Waals surface area (Å²) in [5.74, 6) is 1.78. The molecule has 4 aromatic rings. The number of ether oxygens (including phenoxy) is 2. The number of carbonyl (C=O) groups excluding carboxylic acids is 1. The molecule has 0 unspecified atom stereocenters. The molecule has 35 heavy (non-hydrogen) atoms. The van der Waals surface area contributed by atoms with E-state index >= 15 is 0 Å². The lowest BCUT2D eigenvalue weighted by Gasteiger charge is -2.21. The van der Waals surface area contributed by atoms with Gasteiger partial charge in [0.15, 0.2) is 11.5 Å². The normalized spacial score (nSPS) is 11.8. The van der Waals surface area contributed by atoms with Crippen molar-refractivity contribution >= 4 is 33.3 Å². The molecule has 0 radical (unpaired) electrons. The maximum absolute atomic E-state index is 13.3. The monoisotopic (exact) mass is 492 g/mol. The first-order chi connectivity index (χ1) is 16.9. The smallest absolute Gasteiger partial charge is 0.264 e. The largest absolute Gasteiger partial charge is 0.493 e. The van der Waals surface area contributed by atoms with Crippen molar-refractivity contribution in [1.82, 2.24) is 14.9 Å². The lowest BCUT2D eigenvalue weighted by atomic mass is 10.1. The van der Waals surface area contributed by atoms with Gasteiger partial charge in [-0.15, -0.1) is 11.3 Å². The number of rotatable bonds is 9. The number of fused-ring (bicyclic) bond motifs is 1. The van der Waals surface area contributed by atoms with Gasteiger partial charge in [-0.1, -0.05) is 42.5 Å². The Balaban J connectivity index is 1.56. The fraction of sp³-hybridized carbons (Fsp3) is 0.269. The number of amides is 1. The van der Waals surface area contributed by atoms with Crippen molar-refractivity contribution in [3.05, 3.63) is 76.4 Å². The molecule has 2 N–H and O–H groups in total. The van der Waals surface area contributed by atoms with E-state index in [-0.39, 0.29) is 12.5 Å². The zero-order chi connectivity index (χ0) is 24.9. The van der Waals surface area contributed by atoms with Crippen molar-refractivity contribution in [2.24, 2.45) is 0 Å². The molecule has 0 aliphatic heterocycles. The Labute approximate surface area is 208 Å². The molecule has 0 aliphatic rings. The molecular formula is C26H28N4O4S. The van der Waals surface area contributed by atoms with Gasteiger partial charge in [0.1, 0.15) is 17.0 Å². The van der Waals surface area contributed by atoms with Crippen LogP contribution in [0.1, 0.15) is 32.5 Å². The van der Waals surface area contributed by atoms with Crippen LogP contribution in [0.4, 0.5) is 5.82 Å². The Hall–Kier alpha value is -3.69. The van der Waals surface area contributed by atoms with Gasteiger partial charge in [0.05, 0.1) is 37.1 Å². The van der Waals surface area contributed by atoms with E-state index in [0.717, 1.165) is 26.9 Å². The topological polar surface area (TPSA) is 96.8 Å². The summed E-state index contributed by atoms with van der Waals surface area (Å²) in [7, 11) is 4.90. The maximum Gasteiger partial charge on any atom is 0.264 e. The summed E-state index contributed by atoms with van der Waals surface area (Å²) in [6.07, 6.45) is 0.718. The minimum Gasteiger partial charge on any atom is -0.493 e. The molecule has 0 fully saturated rings. The minimum absolute atomic E-state index is 0.166. The zero-order valence-corrected chi connectivity index (χ0v) is 20.9. The summed E-state index contributed by atoms with van der Waals surface area (Å²) in [6, 6.07) is 15.0. The van der Waals surface area contributed by atoms with Crippen molar-refractivity contribution in [1.29, 1.82) is 0 Å². The number of hydrogen-bond acceptors (Lipinski definition) is 8. The van der Waals surface area contributed by atoms with E-state index in [1.807, 2.05) is 55.5 Å². The number of hydrogen-bond donors (Lipinski definition) is 2. The second kappa shape index (κ2) is 10.7. The van der Waals surface area contributed by atoms with Crippen LogP contribution >= 0.6 is 11.3 Å². The van der Waals surface area contributed by atoms with Crippen molar-refractivity contribution in [2.45, 2.75) is 19.6 Å². The minimum atomic E-state index is -0.769. The van der Waals surface area contributed by atoms with Crippen molar-refractivity contribution < 1.29 is 19.4 Å². The van der Waals surface area contributed by atoms with Crippen molar-refractivity contribution in [2.75, 3.05) is 33.1 Å². The maximum atomic E-state index is 13.3. The molecular weight excluding hydrogens is 464 g/mol. The average Bonchev–Trinajstić information content (AvgIpc) is 3.23. The Kier molecular flexibility index (Phi) is 7.48. The SMILES string of the molecule is COc1cccc(CNc2ncnc3sc(C(=O)N(C)C[C@H](O)c4ccccc4)c(C)c23)c1OC. The van der Waals surface area contributed by atoms with Crippen molar-refractivity contribution in [3.8, 4) is 11.5 Å². The molecule has 2 heterocycles. The average molecular weight is 493 g/mol. The molecule has 4 rings (SSSR count). The molecule has 1 amide bonds. The zero-order valence-electron chi connectivity index (χ0n) is 20.1. The van der Waals surface area contributed by atoms with Gasteiger partial charge in [0, 0.05) is 19.2 Å². The van der Waals surface area contributed by atoms with E-state index in [1.54, 1.807) is 21.3 Å². The first-order valence-corrected chi connectivity index (χ1v) is 11.9. The molecule has 0 saturated carbocycles. The highest BCUT2D eigenvalue weighted by Gasteiger charge is 2.23. The third-order valence-corrected chi connectivity index (χ3v) is 7.02. The number of aliphatic hydroxyl groups excluding tert-OH is 1. The predicted molar refractivity (Wildman–Crippen MR) is 137 cm³/mol. The van der Waals surface area contributed by atoms with Crippen LogP contribution in [0, 0.1) is 6.92 Å². The van der Waals surface area contributed by atoms with Gasteiger partial charge >= 0.3 is 0 Å². The quantitative estimate of drug-likeness (QED) is 0.357. The van der Waals surface area contributed by atoms with E-state index in [2.05, 4.69) is 15.3 Å². The van der Waals surface area contributed by atoms with Crippen LogP contribution in [0.5, 0.6) is 11.5 Å². The van der Waals surface area contributed by atoms with Gasteiger partial charge < -0.3 is 24.8 Å². The number of aryl methyl sites for hydroxylation is 1. The number of benzene rings is 2. The molecule has 182 valence electrons. The van der Waals surface area contributed by atoms with Crippen LogP contribution in [-0.4, -0.2) is 53.7 Å². The van der Waals surface area contributed by atoms with Crippen LogP contribution in [-0.2, 0) is 6.54 Å². The Morgan fingerprint density at radius 3 is 2.60 bits per heavy atom. The molecule has 0 spiro atoms. The van der Waals surface area contributed by atoms with Gasteiger partial charge in [-0.05, 0) is 24.1 Å². The second-order valence-corrected chi connectivity index (χ2v) is 9.08. The number of aromatic nitrogens is 2. The first kappa shape index (κ1) is 24.4. The van der Waals surface area contributed by atoms with E-state index in [1.165, 1.54) is 22.6 Å². The number of nitrogens with zero attached hydrogens (tertiary/aromatic N) is 3. The lowest BCUT2D eigenvalue weighted by molar-refractivity contribution is 0.0685. The van der Waals surface area contributed by atoms with E-state index in [0.29, 0.717) is 28.7 Å². The first-order valence-electron chi connectivity index (χ1n) is 11.1. The van der Waals surface area contributed by atoms with Gasteiger partial charge in [-0.2, -0.15) is 0 Å². The third kappa shape index (κ3) is 5.06. The summed E-state index contributed by atoms with van der Waals surface area (Å²) in [5.41, 5.74) is 2.49. The van der Waals surface area contributed by atoms with Crippen molar-refractivity contribution in [3.63, 3.8) is 0 Å². The second-order valence-electron chi connectivity index (χ2n) is 8.08. The predicted octanol–water partition coefficient (Wildman–Crippen LogP) is 4.43. The van der Waals surface area contributed by atoms with E-state index in [4.69, 9.17) is 9.47 Å². The number of nitrogens with one attached hydrogen (secondary N) is 1. The number of anilines is 1. The molecule has 8 nitrogen and oxygen atoms in total. The highest BCUT2D eigenvalue weighted by Crippen LogP contribution is 2.35. The summed E-state index contributed by atoms with van der Waals surface area (Å²) >= 11 is 1.32. The van der Waals surface area contributed by atoms with E-state index in [9.17, 15) is 9.90 Å². The summed E-state index contributed by atoms with van der Waals surface area (Å²) in [6.45, 7) is 2.53. The summed E-state index contributed by atoms with van der Waals surface area (Å²) in [4.78, 5) is 24.9. The molecule has 2 aromatic heterocycles. The Morgan fingerprint density at radius 2 is 1.89 bits per heavy atom. The van der Waals surface area contributed by atoms with E-state index < -0.39 is 6.10 Å². The number of methoxy groups -OCH3 is 2. The lowest BCUT2D eigenvalue weighted by Crippen LogP contribution is -2.31. The molecule has 1 atom stereocenters. The number of aliphatic hydroxyl groups is 1. The Morgan fingerprint density at radius 1 is 1.11 bits per heavy atom. The molecule has 9 heteroatoms. The number of thiophene rings is 1. The van der Waals surface area contributed by atoms with Crippen LogP contribution in [0.25, 0.3) is 10.2 Å². The van der Waals surface area contributed by atoms with Gasteiger partial charge in [0.2, 0.25) is 0 Å². The summed E-state index contributed by atoms with van der Waals surface area (Å²) in [5, 5.41) is 14.7. The van der Waals surface area contributed by atoms with Crippen LogP contribution in [0.3, 0.4) is 0 Å². The molecule has 0 saturated heterocycles. The van der Waals surface area contributed by atoms with Crippen LogP contribution in [0.15, 0.2) is 54.9 Å². The highest BCUT2D eigenvalue weighted by atomic mass is 32.1. The van der Waals surface area contributed by atoms with Crippen LogP contribution in [0.2, 0.25) is 0 Å². The van der Waals surface area contributed by atoms with Gasteiger partial charge in [-0.25, -0.2) is 9.97 Å². The highest BCUT2D eigenvalue weighted by molar-refractivity contribution is 7.20. The fourth-order valence-electron chi connectivity index (χ4n) is 3.98. The molecule has 2 aromatic carbocycles. The Bertz CT molecular complexity index is 1330. The van der Waals surface area contributed by atoms with Gasteiger partial charge in [0.25, 0.3) is 5.91 Å². The molecule has 0 bridgehead atoms. The molecule has 0 aliphatic carbocycles. The number of likely N-dealkylation sites (N-methyl/N-ethyl adjacent to an activating group) is 1. The number of para-hydroxylation sites is 1.